The van der Waals surface area contributed by atoms with Gasteiger partial charge in [-0.2, -0.15) is 0 Å². The van der Waals surface area contributed by atoms with Crippen molar-refractivity contribution in [2.24, 2.45) is 0 Å². The van der Waals surface area contributed by atoms with E-state index in [4.69, 9.17) is 4.42 Å². The Morgan fingerprint density at radius 1 is 1.11 bits per heavy atom. The zero-order valence-electron chi connectivity index (χ0n) is 14.5. The summed E-state index contributed by atoms with van der Waals surface area (Å²) in [7, 11) is 1.33. The molecule has 0 saturated heterocycles. The first-order valence-electron chi connectivity index (χ1n) is 8.09. The molecule has 0 unspecified atom stereocenters. The van der Waals surface area contributed by atoms with E-state index in [0.29, 0.717) is 28.2 Å². The van der Waals surface area contributed by atoms with E-state index in [1.54, 1.807) is 30.3 Å². The van der Waals surface area contributed by atoms with E-state index >= 15 is 0 Å². The molecule has 0 saturated carbocycles. The normalized spacial score (nSPS) is 10.9. The van der Waals surface area contributed by atoms with Crippen molar-refractivity contribution in [2.45, 2.75) is 6.92 Å². The molecule has 0 N–H and O–H groups in total. The van der Waals surface area contributed by atoms with Crippen molar-refractivity contribution in [3.63, 3.8) is 0 Å². The van der Waals surface area contributed by atoms with Gasteiger partial charge in [-0.3, -0.25) is 0 Å². The SMILES string of the molecule is COC(=O)c1ccc(-c2nnn(-c3ccc4c(C)cc(=O)oc4c3)n2)cc1. The Morgan fingerprint density at radius 3 is 2.63 bits per heavy atom. The van der Waals surface area contributed by atoms with Crippen LogP contribution in [0.4, 0.5) is 0 Å². The molecule has 0 atom stereocenters. The van der Waals surface area contributed by atoms with Crippen LogP contribution in [0.1, 0.15) is 15.9 Å². The third-order valence-electron chi connectivity index (χ3n) is 4.14. The molecule has 0 bridgehead atoms. The molecule has 0 aliphatic heterocycles. The third-order valence-corrected chi connectivity index (χ3v) is 4.14. The number of fused-ring (bicyclic) bond motifs is 1. The summed E-state index contributed by atoms with van der Waals surface area (Å²) in [4.78, 5) is 24.4. The molecule has 2 aromatic heterocycles. The largest absolute Gasteiger partial charge is 0.465 e. The van der Waals surface area contributed by atoms with Gasteiger partial charge in [0.15, 0.2) is 0 Å². The Labute approximate surface area is 153 Å². The molecular weight excluding hydrogens is 348 g/mol. The number of esters is 1. The van der Waals surface area contributed by atoms with E-state index in [0.717, 1.165) is 10.9 Å². The summed E-state index contributed by atoms with van der Waals surface area (Å²) in [6.07, 6.45) is 0. The van der Waals surface area contributed by atoms with Gasteiger partial charge < -0.3 is 9.15 Å². The van der Waals surface area contributed by atoms with Gasteiger partial charge in [-0.05, 0) is 42.0 Å². The number of aryl methyl sites for hydroxylation is 1. The van der Waals surface area contributed by atoms with Crippen LogP contribution >= 0.6 is 0 Å². The molecule has 0 aliphatic rings. The summed E-state index contributed by atoms with van der Waals surface area (Å²) >= 11 is 0. The van der Waals surface area contributed by atoms with Crippen molar-refractivity contribution < 1.29 is 13.9 Å². The van der Waals surface area contributed by atoms with Crippen molar-refractivity contribution in [2.75, 3.05) is 7.11 Å². The number of ether oxygens (including phenoxy) is 1. The molecule has 4 aromatic rings. The lowest BCUT2D eigenvalue weighted by Crippen LogP contribution is -2.02. The Hall–Kier alpha value is -3.81. The van der Waals surface area contributed by atoms with Crippen molar-refractivity contribution in [1.29, 1.82) is 0 Å². The van der Waals surface area contributed by atoms with Crippen LogP contribution in [-0.2, 0) is 4.74 Å². The van der Waals surface area contributed by atoms with Gasteiger partial charge in [0, 0.05) is 23.1 Å². The molecule has 4 rings (SSSR count). The third kappa shape index (κ3) is 3.08. The number of tetrazole rings is 1. The van der Waals surface area contributed by atoms with Gasteiger partial charge in [-0.25, -0.2) is 9.59 Å². The monoisotopic (exact) mass is 362 g/mol. The Bertz CT molecular complexity index is 1210. The first-order valence-corrected chi connectivity index (χ1v) is 8.09. The quantitative estimate of drug-likeness (QED) is 0.408. The maximum absolute atomic E-state index is 11.6. The van der Waals surface area contributed by atoms with Crippen LogP contribution in [0.2, 0.25) is 0 Å². The fraction of sp³-hybridized carbons (Fsp3) is 0.105. The van der Waals surface area contributed by atoms with E-state index in [-0.39, 0.29) is 0 Å². The number of rotatable bonds is 3. The molecule has 0 aliphatic carbocycles. The number of carbonyl (C=O) groups excluding carboxylic acids is 1. The topological polar surface area (TPSA) is 100 Å². The lowest BCUT2D eigenvalue weighted by atomic mass is 10.1. The number of methoxy groups -OCH3 is 1. The van der Waals surface area contributed by atoms with Crippen LogP contribution in [0.25, 0.3) is 28.0 Å². The predicted octanol–water partition coefficient (Wildman–Crippen LogP) is 2.53. The highest BCUT2D eigenvalue weighted by atomic mass is 16.5. The minimum Gasteiger partial charge on any atom is -0.465 e. The van der Waals surface area contributed by atoms with Gasteiger partial charge in [-0.15, -0.1) is 15.0 Å². The second-order valence-corrected chi connectivity index (χ2v) is 5.90. The van der Waals surface area contributed by atoms with E-state index in [2.05, 4.69) is 20.1 Å². The molecule has 27 heavy (non-hydrogen) atoms. The van der Waals surface area contributed by atoms with Crippen molar-refractivity contribution in [3.8, 4) is 17.1 Å². The van der Waals surface area contributed by atoms with E-state index in [1.807, 2.05) is 19.1 Å². The first kappa shape index (κ1) is 16.6. The molecule has 0 fully saturated rings. The lowest BCUT2D eigenvalue weighted by molar-refractivity contribution is 0.0601. The molecule has 8 nitrogen and oxygen atoms in total. The highest BCUT2D eigenvalue weighted by Gasteiger charge is 2.11. The zero-order chi connectivity index (χ0) is 19.0. The highest BCUT2D eigenvalue weighted by molar-refractivity contribution is 5.89. The minimum absolute atomic E-state index is 0.400. The Kier molecular flexibility index (Phi) is 4.00. The second kappa shape index (κ2) is 6.49. The van der Waals surface area contributed by atoms with Crippen LogP contribution in [0.5, 0.6) is 0 Å². The average molecular weight is 362 g/mol. The number of carbonyl (C=O) groups is 1. The fourth-order valence-corrected chi connectivity index (χ4v) is 2.75. The van der Waals surface area contributed by atoms with E-state index in [9.17, 15) is 9.59 Å². The smallest absolute Gasteiger partial charge is 0.337 e. The van der Waals surface area contributed by atoms with Crippen LogP contribution in [-0.4, -0.2) is 33.3 Å². The summed E-state index contributed by atoms with van der Waals surface area (Å²) < 4.78 is 9.93. The van der Waals surface area contributed by atoms with Crippen molar-refractivity contribution >= 4 is 16.9 Å². The maximum Gasteiger partial charge on any atom is 0.337 e. The van der Waals surface area contributed by atoms with Crippen LogP contribution in [0, 0.1) is 6.92 Å². The molecule has 2 aromatic carbocycles. The number of nitrogens with zero attached hydrogens (tertiary/aromatic N) is 4. The highest BCUT2D eigenvalue weighted by Crippen LogP contribution is 2.20. The van der Waals surface area contributed by atoms with E-state index in [1.165, 1.54) is 18.0 Å². The summed E-state index contributed by atoms with van der Waals surface area (Å²) in [5.41, 5.74) is 2.64. The Balaban J connectivity index is 1.69. The van der Waals surface area contributed by atoms with Gasteiger partial charge in [0.25, 0.3) is 0 Å². The standard InChI is InChI=1S/C19H14N4O4/c1-11-9-17(24)27-16-10-14(7-8-15(11)16)23-21-18(20-22-23)12-3-5-13(6-4-12)19(25)26-2/h3-10H,1-2H3. The van der Waals surface area contributed by atoms with Crippen molar-refractivity contribution in [3.05, 3.63) is 70.1 Å². The summed E-state index contributed by atoms with van der Waals surface area (Å²) in [5.74, 6) is -0.0108. The minimum atomic E-state index is -0.411. The molecule has 8 heteroatoms. The number of hydrogen-bond donors (Lipinski definition) is 0. The molecule has 134 valence electrons. The number of benzene rings is 2. The predicted molar refractivity (Wildman–Crippen MR) is 96.7 cm³/mol. The summed E-state index contributed by atoms with van der Waals surface area (Å²) in [6.45, 7) is 1.85. The molecule has 0 spiro atoms. The van der Waals surface area contributed by atoms with Gasteiger partial charge >= 0.3 is 11.6 Å². The van der Waals surface area contributed by atoms with Gasteiger partial charge in [-0.1, -0.05) is 12.1 Å². The molecule has 0 amide bonds. The number of aromatic nitrogens is 4. The van der Waals surface area contributed by atoms with E-state index < -0.39 is 11.6 Å². The molecule has 0 radical (unpaired) electrons. The first-order chi connectivity index (χ1) is 13.0. The van der Waals surface area contributed by atoms with Gasteiger partial charge in [0.2, 0.25) is 5.82 Å². The van der Waals surface area contributed by atoms with Gasteiger partial charge in [0.05, 0.1) is 18.4 Å². The Morgan fingerprint density at radius 2 is 1.89 bits per heavy atom. The maximum atomic E-state index is 11.6. The second-order valence-electron chi connectivity index (χ2n) is 5.90. The van der Waals surface area contributed by atoms with Crippen LogP contribution in [0.3, 0.4) is 0 Å². The van der Waals surface area contributed by atoms with Gasteiger partial charge in [0.1, 0.15) is 5.58 Å². The zero-order valence-corrected chi connectivity index (χ0v) is 14.5. The van der Waals surface area contributed by atoms with Crippen molar-refractivity contribution in [1.82, 2.24) is 20.2 Å². The molecular formula is C19H14N4O4. The molecule has 2 heterocycles. The summed E-state index contributed by atoms with van der Waals surface area (Å²) in [5, 5.41) is 13.3. The fourth-order valence-electron chi connectivity index (χ4n) is 2.75. The average Bonchev–Trinajstić information content (AvgIpc) is 3.17. The van der Waals surface area contributed by atoms with Crippen LogP contribution < -0.4 is 5.63 Å². The summed E-state index contributed by atoms with van der Waals surface area (Å²) in [6, 6.07) is 13.5. The van der Waals surface area contributed by atoms with Crippen LogP contribution in [0.15, 0.2) is 57.7 Å². The number of hydrogen-bond acceptors (Lipinski definition) is 7. The lowest BCUT2D eigenvalue weighted by Gasteiger charge is -2.03.